The Hall–Kier alpha value is -1.29. The van der Waals surface area contributed by atoms with Gasteiger partial charge in [-0.2, -0.15) is 0 Å². The summed E-state index contributed by atoms with van der Waals surface area (Å²) >= 11 is 5.50. The molecule has 0 spiro atoms. The quantitative estimate of drug-likeness (QED) is 0.362. The van der Waals surface area contributed by atoms with Gasteiger partial charge in [0.25, 0.3) is 0 Å². The van der Waals surface area contributed by atoms with Gasteiger partial charge in [-0.25, -0.2) is 4.39 Å². The van der Waals surface area contributed by atoms with Gasteiger partial charge in [0.1, 0.15) is 11.6 Å². The number of hydrogen-bond acceptors (Lipinski definition) is 3. The zero-order valence-electron chi connectivity index (χ0n) is 7.95. The van der Waals surface area contributed by atoms with Crippen LogP contribution in [0.5, 0.6) is 5.75 Å². The average Bonchev–Trinajstić information content (AvgIpc) is 2.21. The molecule has 82 valence electrons. The molecule has 0 saturated heterocycles. The first-order valence-electron chi connectivity index (χ1n) is 4.45. The number of phenols is 1. The lowest BCUT2D eigenvalue weighted by atomic mass is 10.1. The van der Waals surface area contributed by atoms with E-state index < -0.39 is 5.82 Å². The molecule has 2 N–H and O–H groups in total. The molecule has 0 heterocycles. The SMILES string of the molecule is ON=C(CCCCl)c1ccc(F)cc1O. The summed E-state index contributed by atoms with van der Waals surface area (Å²) in [6, 6.07) is 3.54. The minimum Gasteiger partial charge on any atom is -0.507 e. The minimum atomic E-state index is -0.536. The monoisotopic (exact) mass is 231 g/mol. The second-order valence-electron chi connectivity index (χ2n) is 3.00. The van der Waals surface area contributed by atoms with Crippen LogP contribution in [0.25, 0.3) is 0 Å². The first-order chi connectivity index (χ1) is 7.19. The van der Waals surface area contributed by atoms with Gasteiger partial charge in [0.05, 0.1) is 5.71 Å². The Bertz CT molecular complexity index is 368. The van der Waals surface area contributed by atoms with Crippen molar-refractivity contribution in [3.63, 3.8) is 0 Å². The Morgan fingerprint density at radius 3 is 2.73 bits per heavy atom. The third-order valence-corrected chi connectivity index (χ3v) is 2.21. The van der Waals surface area contributed by atoms with Crippen molar-refractivity contribution in [1.29, 1.82) is 0 Å². The van der Waals surface area contributed by atoms with E-state index in [0.29, 0.717) is 30.0 Å². The van der Waals surface area contributed by atoms with E-state index in [2.05, 4.69) is 5.16 Å². The number of nitrogens with zero attached hydrogens (tertiary/aromatic N) is 1. The molecule has 15 heavy (non-hydrogen) atoms. The van der Waals surface area contributed by atoms with Crippen LogP contribution in [0.3, 0.4) is 0 Å². The maximum Gasteiger partial charge on any atom is 0.127 e. The number of hydrogen-bond donors (Lipinski definition) is 2. The maximum atomic E-state index is 12.7. The highest BCUT2D eigenvalue weighted by Crippen LogP contribution is 2.20. The summed E-state index contributed by atoms with van der Waals surface area (Å²) in [5.41, 5.74) is 0.622. The topological polar surface area (TPSA) is 52.8 Å². The number of halogens is 2. The molecule has 0 saturated carbocycles. The normalized spacial score (nSPS) is 11.7. The maximum absolute atomic E-state index is 12.7. The number of rotatable bonds is 4. The van der Waals surface area contributed by atoms with Gasteiger partial charge in [-0.05, 0) is 25.0 Å². The molecule has 5 heteroatoms. The van der Waals surface area contributed by atoms with Crippen LogP contribution >= 0.6 is 11.6 Å². The zero-order chi connectivity index (χ0) is 11.3. The van der Waals surface area contributed by atoms with Crippen LogP contribution in [0.2, 0.25) is 0 Å². The molecule has 0 fully saturated rings. The molecule has 0 radical (unpaired) electrons. The number of aromatic hydroxyl groups is 1. The van der Waals surface area contributed by atoms with Gasteiger partial charge in [-0.3, -0.25) is 0 Å². The first kappa shape index (κ1) is 11.8. The number of oxime groups is 1. The van der Waals surface area contributed by atoms with E-state index in [4.69, 9.17) is 16.8 Å². The smallest absolute Gasteiger partial charge is 0.127 e. The second kappa shape index (κ2) is 5.56. The van der Waals surface area contributed by atoms with E-state index in [-0.39, 0.29) is 5.75 Å². The van der Waals surface area contributed by atoms with Crippen molar-refractivity contribution in [1.82, 2.24) is 0 Å². The standard InChI is InChI=1S/C10H11ClFNO2/c11-5-1-2-9(13-15)8-4-3-7(12)6-10(8)14/h3-4,6,14-15H,1-2,5H2. The van der Waals surface area contributed by atoms with Crippen LogP contribution in [0.15, 0.2) is 23.4 Å². The first-order valence-corrected chi connectivity index (χ1v) is 4.98. The molecule has 0 amide bonds. The Kier molecular flexibility index (Phi) is 4.37. The molecule has 0 aromatic heterocycles. The Morgan fingerprint density at radius 1 is 1.47 bits per heavy atom. The van der Waals surface area contributed by atoms with Gasteiger partial charge in [0.15, 0.2) is 0 Å². The number of benzene rings is 1. The molecular formula is C10H11ClFNO2. The fourth-order valence-electron chi connectivity index (χ4n) is 1.22. The van der Waals surface area contributed by atoms with Crippen molar-refractivity contribution in [3.05, 3.63) is 29.6 Å². The molecule has 3 nitrogen and oxygen atoms in total. The molecule has 0 aliphatic carbocycles. The summed E-state index contributed by atoms with van der Waals surface area (Å²) in [5.74, 6) is -0.343. The van der Waals surface area contributed by atoms with Crippen LogP contribution in [-0.4, -0.2) is 21.9 Å². The van der Waals surface area contributed by atoms with Gasteiger partial charge in [-0.1, -0.05) is 5.16 Å². The summed E-state index contributed by atoms with van der Waals surface area (Å²) in [6.07, 6.45) is 1.05. The van der Waals surface area contributed by atoms with Crippen LogP contribution in [0.4, 0.5) is 4.39 Å². The molecule has 0 atom stereocenters. The minimum absolute atomic E-state index is 0.239. The molecule has 0 aliphatic heterocycles. The van der Waals surface area contributed by atoms with Gasteiger partial charge in [-0.15, -0.1) is 11.6 Å². The highest BCUT2D eigenvalue weighted by Gasteiger charge is 2.10. The Balaban J connectivity index is 2.93. The summed E-state index contributed by atoms with van der Waals surface area (Å²) in [5, 5.41) is 21.2. The lowest BCUT2D eigenvalue weighted by Crippen LogP contribution is -2.02. The van der Waals surface area contributed by atoms with Crippen molar-refractivity contribution < 1.29 is 14.7 Å². The number of phenolic OH excluding ortho intramolecular Hbond substituents is 1. The number of alkyl halides is 1. The predicted molar refractivity (Wildman–Crippen MR) is 56.3 cm³/mol. The van der Waals surface area contributed by atoms with Crippen molar-refractivity contribution >= 4 is 17.3 Å². The molecular weight excluding hydrogens is 221 g/mol. The summed E-state index contributed by atoms with van der Waals surface area (Å²) in [6.45, 7) is 0. The van der Waals surface area contributed by atoms with E-state index in [1.165, 1.54) is 12.1 Å². The van der Waals surface area contributed by atoms with Crippen molar-refractivity contribution in [2.45, 2.75) is 12.8 Å². The second-order valence-corrected chi connectivity index (χ2v) is 3.38. The fraction of sp³-hybridized carbons (Fsp3) is 0.300. The van der Waals surface area contributed by atoms with E-state index in [9.17, 15) is 9.50 Å². The molecule has 0 unspecified atom stereocenters. The van der Waals surface area contributed by atoms with Crippen molar-refractivity contribution in [2.75, 3.05) is 5.88 Å². The Labute approximate surface area is 91.8 Å². The summed E-state index contributed by atoms with van der Waals surface area (Å²) in [7, 11) is 0. The lowest BCUT2D eigenvalue weighted by molar-refractivity contribution is 0.317. The highest BCUT2D eigenvalue weighted by molar-refractivity contribution is 6.18. The molecule has 1 rings (SSSR count). The van der Waals surface area contributed by atoms with Gasteiger partial charge in [0.2, 0.25) is 0 Å². The largest absolute Gasteiger partial charge is 0.507 e. The van der Waals surface area contributed by atoms with Crippen LogP contribution < -0.4 is 0 Å². The summed E-state index contributed by atoms with van der Waals surface area (Å²) < 4.78 is 12.7. The van der Waals surface area contributed by atoms with Crippen LogP contribution in [0.1, 0.15) is 18.4 Å². The van der Waals surface area contributed by atoms with Crippen LogP contribution in [0, 0.1) is 5.82 Å². The van der Waals surface area contributed by atoms with Crippen molar-refractivity contribution in [2.24, 2.45) is 5.16 Å². The average molecular weight is 232 g/mol. The lowest BCUT2D eigenvalue weighted by Gasteiger charge is -2.05. The van der Waals surface area contributed by atoms with Crippen molar-refractivity contribution in [3.8, 4) is 5.75 Å². The predicted octanol–water partition coefficient (Wildman–Crippen LogP) is 2.73. The molecule has 0 aliphatic rings. The van der Waals surface area contributed by atoms with E-state index in [0.717, 1.165) is 6.07 Å². The summed E-state index contributed by atoms with van der Waals surface area (Å²) in [4.78, 5) is 0. The van der Waals surface area contributed by atoms with E-state index >= 15 is 0 Å². The third-order valence-electron chi connectivity index (χ3n) is 1.94. The zero-order valence-corrected chi connectivity index (χ0v) is 8.71. The van der Waals surface area contributed by atoms with Gasteiger partial charge < -0.3 is 10.3 Å². The third kappa shape index (κ3) is 3.09. The molecule has 0 bridgehead atoms. The van der Waals surface area contributed by atoms with Gasteiger partial charge >= 0.3 is 0 Å². The highest BCUT2D eigenvalue weighted by atomic mass is 35.5. The molecule has 1 aromatic carbocycles. The van der Waals surface area contributed by atoms with E-state index in [1.54, 1.807) is 0 Å². The van der Waals surface area contributed by atoms with Crippen LogP contribution in [-0.2, 0) is 0 Å². The van der Waals surface area contributed by atoms with Gasteiger partial charge in [0, 0.05) is 17.5 Å². The Morgan fingerprint density at radius 2 is 2.20 bits per heavy atom. The molecule has 1 aromatic rings. The van der Waals surface area contributed by atoms with E-state index in [1.807, 2.05) is 0 Å². The fourth-order valence-corrected chi connectivity index (χ4v) is 1.36.